The van der Waals surface area contributed by atoms with Crippen LogP contribution in [0.5, 0.6) is 0 Å². The van der Waals surface area contributed by atoms with Crippen molar-refractivity contribution in [3.05, 3.63) is 77.6 Å². The van der Waals surface area contributed by atoms with E-state index in [1.54, 1.807) is 0 Å². The Bertz CT molecular complexity index is 953. The van der Waals surface area contributed by atoms with Crippen LogP contribution in [0.25, 0.3) is 11.3 Å². The number of rotatable bonds is 7. The SMILES string of the molecule is O=S([O-])NCc1cccc(C2CCN(Cc3cc(-c4ccccc4)no3)CC2)c1. The molecule has 1 aliphatic heterocycles. The molecule has 0 amide bonds. The zero-order valence-electron chi connectivity index (χ0n) is 16.1. The van der Waals surface area contributed by atoms with Crippen LogP contribution < -0.4 is 4.72 Å². The maximum Gasteiger partial charge on any atom is 0.151 e. The van der Waals surface area contributed by atoms with Crippen LogP contribution in [0.4, 0.5) is 0 Å². The van der Waals surface area contributed by atoms with Gasteiger partial charge < -0.3 is 9.08 Å². The zero-order valence-corrected chi connectivity index (χ0v) is 16.9. The highest BCUT2D eigenvalue weighted by molar-refractivity contribution is 7.77. The molecule has 4 rings (SSSR count). The third-order valence-electron chi connectivity index (χ3n) is 5.41. The largest absolute Gasteiger partial charge is 0.760 e. The van der Waals surface area contributed by atoms with E-state index in [9.17, 15) is 8.76 Å². The Morgan fingerprint density at radius 1 is 1.10 bits per heavy atom. The lowest BCUT2D eigenvalue weighted by Gasteiger charge is -2.31. The number of hydrogen-bond donors (Lipinski definition) is 1. The smallest absolute Gasteiger partial charge is 0.151 e. The summed E-state index contributed by atoms with van der Waals surface area (Å²) in [6, 6.07) is 20.3. The van der Waals surface area contributed by atoms with E-state index in [0.717, 1.165) is 55.1 Å². The van der Waals surface area contributed by atoms with Gasteiger partial charge in [0.1, 0.15) is 5.69 Å². The maximum atomic E-state index is 10.7. The van der Waals surface area contributed by atoms with Crippen LogP contribution in [-0.4, -0.2) is 31.9 Å². The van der Waals surface area contributed by atoms with Gasteiger partial charge in [-0.1, -0.05) is 59.8 Å². The van der Waals surface area contributed by atoms with Gasteiger partial charge in [-0.2, -0.15) is 0 Å². The van der Waals surface area contributed by atoms with Gasteiger partial charge >= 0.3 is 0 Å². The molecular formula is C22H24N3O3S-. The van der Waals surface area contributed by atoms with Gasteiger partial charge in [0, 0.05) is 29.4 Å². The van der Waals surface area contributed by atoms with E-state index < -0.39 is 11.3 Å². The third-order valence-corrected chi connectivity index (χ3v) is 5.79. The van der Waals surface area contributed by atoms with Crippen molar-refractivity contribution in [3.8, 4) is 11.3 Å². The van der Waals surface area contributed by atoms with Crippen LogP contribution in [0.2, 0.25) is 0 Å². The average Bonchev–Trinajstić information content (AvgIpc) is 3.22. The van der Waals surface area contributed by atoms with Crippen molar-refractivity contribution < 1.29 is 13.3 Å². The molecule has 0 aliphatic carbocycles. The lowest BCUT2D eigenvalue weighted by molar-refractivity contribution is 0.184. The Morgan fingerprint density at radius 2 is 1.90 bits per heavy atom. The second-order valence-corrected chi connectivity index (χ2v) is 8.15. The van der Waals surface area contributed by atoms with E-state index in [1.165, 1.54) is 5.56 Å². The van der Waals surface area contributed by atoms with Crippen molar-refractivity contribution in [2.75, 3.05) is 13.1 Å². The quantitative estimate of drug-likeness (QED) is 0.602. The van der Waals surface area contributed by atoms with Crippen molar-refractivity contribution in [2.24, 2.45) is 0 Å². The summed E-state index contributed by atoms with van der Waals surface area (Å²) < 4.78 is 29.4. The third kappa shape index (κ3) is 5.39. The number of aromatic nitrogens is 1. The Balaban J connectivity index is 1.31. The lowest BCUT2D eigenvalue weighted by atomic mass is 9.88. The Kier molecular flexibility index (Phi) is 6.51. The standard InChI is InChI=1S/C22H25N3O3S/c26-29(27)23-15-17-5-4-8-20(13-17)18-9-11-25(12-10-18)16-21-14-22(24-28-21)19-6-2-1-3-7-19/h1-8,13-14,18,23H,9-12,15-16H2,(H,26,27)/p-1. The number of nitrogens with zero attached hydrogens (tertiary/aromatic N) is 2. The van der Waals surface area contributed by atoms with E-state index in [1.807, 2.05) is 48.5 Å². The first-order chi connectivity index (χ1) is 14.2. The van der Waals surface area contributed by atoms with Crippen molar-refractivity contribution in [3.63, 3.8) is 0 Å². The number of hydrogen-bond acceptors (Lipinski definition) is 5. The van der Waals surface area contributed by atoms with E-state index in [0.29, 0.717) is 12.5 Å². The van der Waals surface area contributed by atoms with Gasteiger partial charge in [0.25, 0.3) is 0 Å². The lowest BCUT2D eigenvalue weighted by Crippen LogP contribution is -2.32. The van der Waals surface area contributed by atoms with Crippen molar-refractivity contribution in [1.29, 1.82) is 0 Å². The molecule has 29 heavy (non-hydrogen) atoms. The van der Waals surface area contributed by atoms with Crippen LogP contribution >= 0.6 is 0 Å². The Hall–Kier alpha value is -2.32. The highest BCUT2D eigenvalue weighted by Crippen LogP contribution is 2.29. The summed E-state index contributed by atoms with van der Waals surface area (Å²) in [6.07, 6.45) is 2.15. The minimum atomic E-state index is -2.23. The summed E-state index contributed by atoms with van der Waals surface area (Å²) >= 11 is -2.23. The molecule has 0 radical (unpaired) electrons. The van der Waals surface area contributed by atoms with Crippen molar-refractivity contribution in [1.82, 2.24) is 14.8 Å². The van der Waals surface area contributed by atoms with Crippen LogP contribution in [-0.2, 0) is 24.4 Å². The second kappa shape index (κ2) is 9.45. The Labute approximate surface area is 173 Å². The molecule has 2 heterocycles. The number of likely N-dealkylation sites (tertiary alicyclic amines) is 1. The number of nitrogens with one attached hydrogen (secondary N) is 1. The highest BCUT2D eigenvalue weighted by atomic mass is 32.2. The molecule has 7 heteroatoms. The minimum Gasteiger partial charge on any atom is -0.760 e. The molecule has 0 bridgehead atoms. The van der Waals surface area contributed by atoms with Gasteiger partial charge in [-0.15, -0.1) is 0 Å². The molecule has 2 aromatic carbocycles. The van der Waals surface area contributed by atoms with Gasteiger partial charge in [0.15, 0.2) is 5.76 Å². The highest BCUT2D eigenvalue weighted by Gasteiger charge is 2.22. The predicted molar refractivity (Wildman–Crippen MR) is 111 cm³/mol. The molecule has 1 aromatic heterocycles. The van der Waals surface area contributed by atoms with Crippen molar-refractivity contribution in [2.45, 2.75) is 31.8 Å². The van der Waals surface area contributed by atoms with E-state index in [-0.39, 0.29) is 0 Å². The molecule has 1 aliphatic rings. The normalized spacial score (nSPS) is 16.7. The number of benzene rings is 2. The average molecular weight is 411 g/mol. The first-order valence-corrected chi connectivity index (χ1v) is 10.9. The maximum absolute atomic E-state index is 10.7. The van der Waals surface area contributed by atoms with E-state index in [4.69, 9.17) is 4.52 Å². The molecule has 0 saturated carbocycles. The fourth-order valence-electron chi connectivity index (χ4n) is 3.88. The fraction of sp³-hybridized carbons (Fsp3) is 0.318. The summed E-state index contributed by atoms with van der Waals surface area (Å²) in [5.41, 5.74) is 4.22. The molecule has 0 spiro atoms. The summed E-state index contributed by atoms with van der Waals surface area (Å²) in [5, 5.41) is 4.20. The summed E-state index contributed by atoms with van der Waals surface area (Å²) in [6.45, 7) is 3.10. The molecule has 1 saturated heterocycles. The second-order valence-electron chi connectivity index (χ2n) is 7.40. The summed E-state index contributed by atoms with van der Waals surface area (Å²) in [4.78, 5) is 2.40. The molecule has 1 N–H and O–H groups in total. The van der Waals surface area contributed by atoms with Crippen LogP contribution in [0, 0.1) is 0 Å². The Morgan fingerprint density at radius 3 is 2.66 bits per heavy atom. The predicted octanol–water partition coefficient (Wildman–Crippen LogP) is 3.60. The monoisotopic (exact) mass is 410 g/mol. The molecule has 1 unspecified atom stereocenters. The first-order valence-electron chi connectivity index (χ1n) is 9.82. The van der Waals surface area contributed by atoms with Gasteiger partial charge in [0.2, 0.25) is 0 Å². The number of piperidine rings is 1. The van der Waals surface area contributed by atoms with Crippen LogP contribution in [0.3, 0.4) is 0 Å². The van der Waals surface area contributed by atoms with Crippen LogP contribution in [0.1, 0.15) is 35.6 Å². The molecule has 3 aromatic rings. The minimum absolute atomic E-state index is 0.331. The van der Waals surface area contributed by atoms with Gasteiger partial charge in [-0.3, -0.25) is 9.11 Å². The van der Waals surface area contributed by atoms with E-state index >= 15 is 0 Å². The molecule has 1 atom stereocenters. The van der Waals surface area contributed by atoms with Crippen molar-refractivity contribution >= 4 is 11.3 Å². The van der Waals surface area contributed by atoms with Gasteiger partial charge in [-0.25, -0.2) is 4.72 Å². The zero-order chi connectivity index (χ0) is 20.1. The topological polar surface area (TPSA) is 81.4 Å². The first kappa shape index (κ1) is 20.0. The molecule has 1 fully saturated rings. The van der Waals surface area contributed by atoms with Crippen LogP contribution in [0.15, 0.2) is 65.2 Å². The molecule has 6 nitrogen and oxygen atoms in total. The van der Waals surface area contributed by atoms with E-state index in [2.05, 4.69) is 26.9 Å². The van der Waals surface area contributed by atoms with Gasteiger partial charge in [-0.05, 0) is 43.0 Å². The van der Waals surface area contributed by atoms with Gasteiger partial charge in [0.05, 0.1) is 6.54 Å². The summed E-state index contributed by atoms with van der Waals surface area (Å²) in [5.74, 6) is 1.39. The molecule has 152 valence electrons. The fourth-order valence-corrected chi connectivity index (χ4v) is 4.16. The summed E-state index contributed by atoms with van der Waals surface area (Å²) in [7, 11) is 0. The molecular weight excluding hydrogens is 386 g/mol.